The first kappa shape index (κ1) is 29.1. The molecule has 0 saturated carbocycles. The Morgan fingerprint density at radius 1 is 0.976 bits per heavy atom. The maximum absolute atomic E-state index is 13.2. The molecule has 12 heteroatoms. The van der Waals surface area contributed by atoms with E-state index in [0.717, 1.165) is 19.4 Å². The molecule has 1 amide bonds. The van der Waals surface area contributed by atoms with Crippen LogP contribution in [0.1, 0.15) is 23.0 Å². The summed E-state index contributed by atoms with van der Waals surface area (Å²) in [5.41, 5.74) is 1.84. The zero-order valence-corrected chi connectivity index (χ0v) is 25.9. The van der Waals surface area contributed by atoms with Crippen molar-refractivity contribution < 1.29 is 45.4 Å². The minimum atomic E-state index is -4.02. The molecule has 0 saturated heterocycles. The van der Waals surface area contributed by atoms with Crippen molar-refractivity contribution >= 4 is 42.7 Å². The highest BCUT2D eigenvalue weighted by atomic mass is 127. The van der Waals surface area contributed by atoms with E-state index in [0.29, 0.717) is 21.1 Å². The number of amides is 1. The summed E-state index contributed by atoms with van der Waals surface area (Å²) in [5.74, 6) is 0.214. The summed E-state index contributed by atoms with van der Waals surface area (Å²) in [7, 11) is -4.02. The van der Waals surface area contributed by atoms with E-state index in [2.05, 4.69) is 15.3 Å². The van der Waals surface area contributed by atoms with E-state index in [1.54, 1.807) is 30.3 Å². The van der Waals surface area contributed by atoms with Gasteiger partial charge in [0.25, 0.3) is 5.91 Å². The van der Waals surface area contributed by atoms with Crippen LogP contribution in [0.5, 0.6) is 5.75 Å². The molecule has 0 spiro atoms. The normalized spacial score (nSPS) is 11.6. The third-order valence-corrected chi connectivity index (χ3v) is 13.8. The molecule has 2 aromatic heterocycles. The van der Waals surface area contributed by atoms with Crippen LogP contribution in [-0.4, -0.2) is 37.7 Å². The number of rotatable bonds is 11. The van der Waals surface area contributed by atoms with Crippen LogP contribution in [0, 0.1) is 14.1 Å². The Hall–Kier alpha value is -3.43. The van der Waals surface area contributed by atoms with Gasteiger partial charge >= 0.3 is 30.4 Å². The van der Waals surface area contributed by atoms with E-state index < -0.39 is 36.3 Å². The SMILES string of the molecule is CCOCOc1ccc2nc(NC(=O)c3ccc([I+](OS(=O)(=O)c4ccc(C)cc4)c4ccccc4)cn3)sc2c1. The van der Waals surface area contributed by atoms with Gasteiger partial charge in [-0.3, -0.25) is 10.1 Å². The molecule has 5 rings (SSSR count). The van der Waals surface area contributed by atoms with Crippen molar-refractivity contribution in [1.29, 1.82) is 0 Å². The number of hydrogen-bond acceptors (Lipinski definition) is 9. The number of aryl methyl sites for hydroxylation is 1. The highest BCUT2D eigenvalue weighted by Gasteiger charge is 2.38. The Kier molecular flexibility index (Phi) is 9.25. The topological polar surface area (TPSA) is 117 Å². The highest BCUT2D eigenvalue weighted by molar-refractivity contribution is 7.86. The lowest BCUT2D eigenvalue weighted by atomic mass is 10.2. The Morgan fingerprint density at radius 2 is 1.76 bits per heavy atom. The third kappa shape index (κ3) is 7.26. The number of fused-ring (bicyclic) bond motifs is 1. The first-order valence-corrected chi connectivity index (χ1v) is 17.7. The summed E-state index contributed by atoms with van der Waals surface area (Å²) in [5, 5.41) is 3.21. The van der Waals surface area contributed by atoms with E-state index in [4.69, 9.17) is 12.0 Å². The molecule has 2 heterocycles. The van der Waals surface area contributed by atoms with Gasteiger partial charge in [0.15, 0.2) is 15.5 Å². The van der Waals surface area contributed by atoms with E-state index in [1.807, 2.05) is 56.3 Å². The van der Waals surface area contributed by atoms with E-state index in [9.17, 15) is 13.2 Å². The number of nitrogens with zero attached hydrogens (tertiary/aromatic N) is 2. The van der Waals surface area contributed by atoms with Crippen molar-refractivity contribution in [1.82, 2.24) is 9.97 Å². The molecule has 0 fully saturated rings. The lowest BCUT2D eigenvalue weighted by molar-refractivity contribution is -1.03. The van der Waals surface area contributed by atoms with Crippen LogP contribution < -0.4 is 30.3 Å². The maximum Gasteiger partial charge on any atom is 0.336 e. The molecular formula is C29H26IN3O6S2+. The Bertz CT molecular complexity index is 1750. The van der Waals surface area contributed by atoms with Crippen molar-refractivity contribution in [3.8, 4) is 5.75 Å². The Morgan fingerprint density at radius 3 is 2.46 bits per heavy atom. The van der Waals surface area contributed by atoms with Gasteiger partial charge in [-0.15, -0.1) is 0 Å². The molecule has 0 aliphatic rings. The summed E-state index contributed by atoms with van der Waals surface area (Å²) in [6, 6.07) is 24.5. The molecule has 0 unspecified atom stereocenters. The monoisotopic (exact) mass is 703 g/mol. The Labute approximate surface area is 249 Å². The number of thiazole rings is 1. The van der Waals surface area contributed by atoms with Crippen LogP contribution in [0.15, 0.2) is 96.0 Å². The van der Waals surface area contributed by atoms with E-state index in [-0.39, 0.29) is 17.4 Å². The first-order chi connectivity index (χ1) is 19.8. The van der Waals surface area contributed by atoms with Gasteiger partial charge in [0.05, 0.1) is 21.3 Å². The van der Waals surface area contributed by atoms with E-state index >= 15 is 0 Å². The van der Waals surface area contributed by atoms with Crippen molar-refractivity contribution in [2.75, 3.05) is 18.7 Å². The van der Waals surface area contributed by atoms with E-state index in [1.165, 1.54) is 29.7 Å². The van der Waals surface area contributed by atoms with Crippen LogP contribution in [-0.2, 0) is 17.4 Å². The molecule has 3 aromatic carbocycles. The molecule has 1 N–H and O–H groups in total. The number of benzene rings is 3. The number of pyridine rings is 1. The summed E-state index contributed by atoms with van der Waals surface area (Å²) in [6.45, 7) is 4.49. The standard InChI is InChI=1S/C29H26IN3O6S2/c1-3-37-19-38-23-12-16-25-27(17-23)40-29(32-25)33-28(34)26-15-11-22(18-31-26)30(21-7-5-4-6-8-21)39-41(35,36)24-13-9-20(2)10-14-24/h4-18H,3,19H2,1-2H3,(H,32,33,34)/q+1. The zero-order chi connectivity index (χ0) is 28.8. The summed E-state index contributed by atoms with van der Waals surface area (Å²) in [6.07, 6.45) is 1.51. The zero-order valence-electron chi connectivity index (χ0n) is 22.1. The fraction of sp³-hybridized carbons (Fsp3) is 0.138. The molecule has 41 heavy (non-hydrogen) atoms. The average molecular weight is 704 g/mol. The van der Waals surface area contributed by atoms with Crippen molar-refractivity contribution in [3.63, 3.8) is 0 Å². The minimum Gasteiger partial charge on any atom is -0.468 e. The van der Waals surface area contributed by atoms with Crippen molar-refractivity contribution in [2.45, 2.75) is 18.7 Å². The molecule has 0 aliphatic carbocycles. The highest BCUT2D eigenvalue weighted by Crippen LogP contribution is 2.29. The fourth-order valence-corrected chi connectivity index (χ4v) is 11.3. The first-order valence-electron chi connectivity index (χ1n) is 12.5. The number of ether oxygens (including phenoxy) is 2. The maximum atomic E-state index is 13.2. The molecule has 9 nitrogen and oxygen atoms in total. The van der Waals surface area contributed by atoms with Gasteiger partial charge in [-0.1, -0.05) is 47.2 Å². The molecule has 5 aromatic rings. The van der Waals surface area contributed by atoms with Gasteiger partial charge < -0.3 is 9.47 Å². The fourth-order valence-electron chi connectivity index (χ4n) is 3.57. The van der Waals surface area contributed by atoms with Crippen LogP contribution in [0.4, 0.5) is 5.13 Å². The summed E-state index contributed by atoms with van der Waals surface area (Å²) >= 11 is -1.64. The average Bonchev–Trinajstić information content (AvgIpc) is 3.38. The van der Waals surface area contributed by atoms with Crippen LogP contribution in [0.2, 0.25) is 0 Å². The molecular weight excluding hydrogens is 677 g/mol. The molecule has 0 atom stereocenters. The number of halogens is 1. The van der Waals surface area contributed by atoms with Crippen LogP contribution in [0.25, 0.3) is 10.2 Å². The quantitative estimate of drug-likeness (QED) is 0.127. The molecule has 1 radical (unpaired) electrons. The third-order valence-electron chi connectivity index (χ3n) is 5.64. The lowest BCUT2D eigenvalue weighted by Gasteiger charge is -2.07. The number of carbonyl (C=O) groups is 1. The number of nitrogens with one attached hydrogen (secondary N) is 1. The number of anilines is 1. The van der Waals surface area contributed by atoms with Crippen LogP contribution >= 0.6 is 11.3 Å². The lowest BCUT2D eigenvalue weighted by Crippen LogP contribution is -3.85. The molecule has 0 aliphatic heterocycles. The number of aromatic nitrogens is 2. The van der Waals surface area contributed by atoms with Gasteiger partial charge in [0.2, 0.25) is 3.57 Å². The summed E-state index contributed by atoms with van der Waals surface area (Å²) < 4.78 is 45.2. The van der Waals surface area contributed by atoms with Crippen molar-refractivity contribution in [3.05, 3.63) is 110 Å². The second kappa shape index (κ2) is 13.0. The number of hydrogen-bond donors (Lipinski definition) is 1. The smallest absolute Gasteiger partial charge is 0.336 e. The second-order valence-corrected chi connectivity index (χ2v) is 16.1. The van der Waals surface area contributed by atoms with Crippen LogP contribution in [0.3, 0.4) is 0 Å². The second-order valence-electron chi connectivity index (χ2n) is 8.59. The largest absolute Gasteiger partial charge is 0.468 e. The van der Waals surface area contributed by atoms with Crippen molar-refractivity contribution in [2.24, 2.45) is 0 Å². The van der Waals surface area contributed by atoms with Gasteiger partial charge in [0.1, 0.15) is 11.4 Å². The predicted molar refractivity (Wildman–Crippen MR) is 152 cm³/mol. The van der Waals surface area contributed by atoms with Gasteiger partial charge in [-0.25, -0.2) is 9.97 Å². The summed E-state index contributed by atoms with van der Waals surface area (Å²) in [4.78, 5) is 21.9. The van der Waals surface area contributed by atoms with Gasteiger partial charge in [-0.2, -0.15) is 8.42 Å². The Balaban J connectivity index is 1.33. The van der Waals surface area contributed by atoms with Gasteiger partial charge in [-0.05, 0) is 71.0 Å². The molecule has 211 valence electrons. The molecule has 0 bridgehead atoms. The minimum absolute atomic E-state index is 0.0918. The number of carbonyl (C=O) groups excluding carboxylic acids is 1. The predicted octanol–water partition coefficient (Wildman–Crippen LogP) is 2.61. The van der Waals surface area contributed by atoms with Gasteiger partial charge in [0, 0.05) is 6.61 Å².